The van der Waals surface area contributed by atoms with Crippen molar-refractivity contribution in [3.8, 4) is 0 Å². The molecule has 2 unspecified atom stereocenters. The Morgan fingerprint density at radius 1 is 1.22 bits per heavy atom. The molecule has 0 aromatic heterocycles. The second kappa shape index (κ2) is 6.05. The largest absolute Gasteiger partial charge is 0.478 e. The molecule has 122 valence electrons. The zero-order valence-corrected chi connectivity index (χ0v) is 12.2. The molecule has 2 N–H and O–H groups in total. The van der Waals surface area contributed by atoms with Crippen molar-refractivity contribution >= 4 is 23.4 Å². The molecule has 2 aliphatic heterocycles. The minimum Gasteiger partial charge on any atom is -0.478 e. The third-order valence-corrected chi connectivity index (χ3v) is 4.07. The minimum absolute atomic E-state index is 0.0668. The summed E-state index contributed by atoms with van der Waals surface area (Å²) in [7, 11) is 0. The molecule has 0 bridgehead atoms. The summed E-state index contributed by atoms with van der Waals surface area (Å²) in [5.74, 6) is -3.40. The average molecular weight is 321 g/mol. The fourth-order valence-electron chi connectivity index (χ4n) is 3.13. The molecule has 0 amide bonds. The third-order valence-electron chi connectivity index (χ3n) is 4.07. The molecule has 3 rings (SSSR count). The molecular weight excluding hydrogens is 306 g/mol. The molecule has 0 aromatic carbocycles. The molecule has 0 saturated heterocycles. The Kier molecular flexibility index (Phi) is 4.10. The first-order valence-electron chi connectivity index (χ1n) is 7.18. The second-order valence-corrected chi connectivity index (χ2v) is 5.47. The van der Waals surface area contributed by atoms with E-state index in [9.17, 15) is 19.5 Å². The fraction of sp³-hybridized carbons (Fsp3) is 0.467. The lowest BCUT2D eigenvalue weighted by Gasteiger charge is -2.38. The fourth-order valence-corrected chi connectivity index (χ4v) is 3.13. The van der Waals surface area contributed by atoms with Gasteiger partial charge >= 0.3 is 11.9 Å². The van der Waals surface area contributed by atoms with Crippen molar-refractivity contribution in [3.05, 3.63) is 22.8 Å². The quantitative estimate of drug-likeness (QED) is 0.700. The van der Waals surface area contributed by atoms with Crippen molar-refractivity contribution in [1.29, 1.82) is 0 Å². The molecule has 3 aliphatic rings. The van der Waals surface area contributed by atoms with Crippen molar-refractivity contribution in [2.45, 2.75) is 25.0 Å². The number of hydrogen-bond acceptors (Lipinski definition) is 6. The van der Waals surface area contributed by atoms with E-state index >= 15 is 0 Å². The highest BCUT2D eigenvalue weighted by Gasteiger charge is 2.40. The number of carboxylic acid groups (broad SMARTS) is 2. The molecule has 23 heavy (non-hydrogen) atoms. The number of carbonyl (C=O) groups is 3. The lowest BCUT2D eigenvalue weighted by Crippen LogP contribution is -2.44. The topological polar surface area (TPSA) is 122 Å². The van der Waals surface area contributed by atoms with Crippen molar-refractivity contribution in [1.82, 2.24) is 0 Å². The molecule has 8 nitrogen and oxygen atoms in total. The summed E-state index contributed by atoms with van der Waals surface area (Å²) in [4.78, 5) is 38.9. The van der Waals surface area contributed by atoms with Gasteiger partial charge in [0.05, 0.1) is 30.9 Å². The van der Waals surface area contributed by atoms with Crippen LogP contribution in [0.15, 0.2) is 27.8 Å². The first-order valence-corrected chi connectivity index (χ1v) is 7.18. The molecule has 1 saturated carbocycles. The normalized spacial score (nSPS) is 27.9. The molecule has 0 spiro atoms. The number of fused-ring (bicyclic) bond motifs is 2. The number of carbonyl (C=O) groups excluding carboxylic acids is 1. The van der Waals surface area contributed by atoms with E-state index in [-0.39, 0.29) is 24.7 Å². The van der Waals surface area contributed by atoms with Gasteiger partial charge in [-0.1, -0.05) is 0 Å². The number of aliphatic imine (C=N–C) groups is 1. The summed E-state index contributed by atoms with van der Waals surface area (Å²) in [5.41, 5.74) is 0.652. The Labute approximate surface area is 131 Å². The van der Waals surface area contributed by atoms with Gasteiger partial charge in [-0.25, -0.2) is 9.59 Å². The molecular formula is C15H15NO7. The Balaban J connectivity index is 2.09. The van der Waals surface area contributed by atoms with E-state index in [1.165, 1.54) is 0 Å². The van der Waals surface area contributed by atoms with Gasteiger partial charge in [0.15, 0.2) is 5.78 Å². The molecule has 2 atom stereocenters. The zero-order valence-electron chi connectivity index (χ0n) is 12.2. The number of aliphatic carboxylic acids is 2. The summed E-state index contributed by atoms with van der Waals surface area (Å²) >= 11 is 0. The standard InChI is InChI=1S/C15H15NO7/c17-10-6-23-11-5-12-9(16-1-2-22-12)3-7(11)14(10)8(15(20)21)4-13(18)19/h4,11-12H,1-3,5-6H2,(H,18,19)(H,20,21). The van der Waals surface area contributed by atoms with Crippen LogP contribution in [0, 0.1) is 0 Å². The van der Waals surface area contributed by atoms with E-state index < -0.39 is 29.4 Å². The lowest BCUT2D eigenvalue weighted by atomic mass is 9.80. The van der Waals surface area contributed by atoms with E-state index in [2.05, 4.69) is 4.99 Å². The van der Waals surface area contributed by atoms with Crippen LogP contribution in [0.4, 0.5) is 0 Å². The summed E-state index contributed by atoms with van der Waals surface area (Å²) in [5, 5.41) is 18.2. The molecule has 8 heteroatoms. The Morgan fingerprint density at radius 3 is 2.70 bits per heavy atom. The van der Waals surface area contributed by atoms with Gasteiger partial charge in [-0.15, -0.1) is 0 Å². The summed E-state index contributed by atoms with van der Waals surface area (Å²) in [6.45, 7) is 0.766. The maximum atomic E-state index is 12.2. The summed E-state index contributed by atoms with van der Waals surface area (Å²) < 4.78 is 11.1. The average Bonchev–Trinajstić information content (AvgIpc) is 2.51. The van der Waals surface area contributed by atoms with Crippen molar-refractivity contribution in [2.24, 2.45) is 4.99 Å². The minimum atomic E-state index is -1.45. The van der Waals surface area contributed by atoms with Crippen molar-refractivity contribution in [3.63, 3.8) is 0 Å². The van der Waals surface area contributed by atoms with Gasteiger partial charge in [0.25, 0.3) is 0 Å². The van der Waals surface area contributed by atoms with E-state index in [0.717, 1.165) is 5.71 Å². The highest BCUT2D eigenvalue weighted by Crippen LogP contribution is 2.36. The second-order valence-electron chi connectivity index (χ2n) is 5.47. The lowest BCUT2D eigenvalue weighted by molar-refractivity contribution is -0.135. The van der Waals surface area contributed by atoms with Gasteiger partial charge in [0.1, 0.15) is 6.61 Å². The van der Waals surface area contributed by atoms with Gasteiger partial charge < -0.3 is 19.7 Å². The van der Waals surface area contributed by atoms with Gasteiger partial charge in [0, 0.05) is 30.2 Å². The predicted octanol–water partition coefficient (Wildman–Crippen LogP) is -0.0199. The van der Waals surface area contributed by atoms with Crippen LogP contribution >= 0.6 is 0 Å². The number of nitrogens with zero attached hydrogens (tertiary/aromatic N) is 1. The van der Waals surface area contributed by atoms with Crippen LogP contribution in [-0.2, 0) is 23.9 Å². The van der Waals surface area contributed by atoms with E-state index in [4.69, 9.17) is 14.6 Å². The number of rotatable bonds is 3. The Bertz CT molecular complexity index is 673. The van der Waals surface area contributed by atoms with Gasteiger partial charge in [-0.05, 0) is 5.57 Å². The molecule has 0 radical (unpaired) electrons. The highest BCUT2D eigenvalue weighted by molar-refractivity contribution is 6.14. The van der Waals surface area contributed by atoms with Gasteiger partial charge in [0.2, 0.25) is 0 Å². The monoisotopic (exact) mass is 321 g/mol. The Morgan fingerprint density at radius 2 is 2.00 bits per heavy atom. The summed E-state index contributed by atoms with van der Waals surface area (Å²) in [6, 6.07) is 0. The van der Waals surface area contributed by atoms with E-state index in [1.54, 1.807) is 0 Å². The molecule has 0 aromatic rings. The maximum Gasteiger partial charge on any atom is 0.336 e. The van der Waals surface area contributed by atoms with Crippen LogP contribution < -0.4 is 0 Å². The van der Waals surface area contributed by atoms with Crippen molar-refractivity contribution < 1.29 is 34.1 Å². The van der Waals surface area contributed by atoms with Crippen LogP contribution in [0.5, 0.6) is 0 Å². The first-order chi connectivity index (χ1) is 11.0. The SMILES string of the molecule is O=C(O)C=C(C(=O)O)C1=C2CC3=NCCOC3CC2OCC1=O. The van der Waals surface area contributed by atoms with Gasteiger partial charge in [-0.3, -0.25) is 9.79 Å². The van der Waals surface area contributed by atoms with E-state index in [1.807, 2.05) is 0 Å². The van der Waals surface area contributed by atoms with Crippen LogP contribution in [0.3, 0.4) is 0 Å². The van der Waals surface area contributed by atoms with Gasteiger partial charge in [-0.2, -0.15) is 0 Å². The van der Waals surface area contributed by atoms with Crippen molar-refractivity contribution in [2.75, 3.05) is 19.8 Å². The van der Waals surface area contributed by atoms with Crippen LogP contribution in [-0.4, -0.2) is 65.6 Å². The number of hydrogen-bond donors (Lipinski definition) is 2. The molecule has 1 fully saturated rings. The number of ether oxygens (including phenoxy) is 2. The van der Waals surface area contributed by atoms with Crippen LogP contribution in [0.1, 0.15) is 12.8 Å². The number of ketones is 1. The summed E-state index contributed by atoms with van der Waals surface area (Å²) in [6.07, 6.45) is 0.617. The smallest absolute Gasteiger partial charge is 0.336 e. The van der Waals surface area contributed by atoms with Crippen LogP contribution in [0.2, 0.25) is 0 Å². The molecule has 2 heterocycles. The van der Waals surface area contributed by atoms with E-state index in [0.29, 0.717) is 31.2 Å². The third kappa shape index (κ3) is 2.95. The highest BCUT2D eigenvalue weighted by atomic mass is 16.5. The Hall–Kier alpha value is -2.32. The zero-order chi connectivity index (χ0) is 16.6. The predicted molar refractivity (Wildman–Crippen MR) is 76.4 cm³/mol. The maximum absolute atomic E-state index is 12.2. The van der Waals surface area contributed by atoms with Crippen LogP contribution in [0.25, 0.3) is 0 Å². The number of carboxylic acids is 2. The number of Topliss-reactive ketones (excluding diaryl/α,β-unsaturated/α-hetero) is 1. The first kappa shape index (κ1) is 15.6. The molecule has 1 aliphatic carbocycles.